The van der Waals surface area contributed by atoms with Crippen LogP contribution in [0.3, 0.4) is 0 Å². The maximum absolute atomic E-state index is 12.8. The molecule has 3 rings (SSSR count). The first kappa shape index (κ1) is 12.5. The van der Waals surface area contributed by atoms with Crippen molar-refractivity contribution in [2.45, 2.75) is 32.2 Å². The highest BCUT2D eigenvalue weighted by Gasteiger charge is 2.44. The van der Waals surface area contributed by atoms with Crippen LogP contribution in [0.5, 0.6) is 0 Å². The minimum Gasteiger partial charge on any atom is -0.358 e. The molecule has 0 radical (unpaired) electrons. The topological polar surface area (TPSA) is 45.2 Å². The summed E-state index contributed by atoms with van der Waals surface area (Å²) >= 11 is 5.36. The normalized spacial score (nSPS) is 30.8. The maximum Gasteiger partial charge on any atom is 0.238 e. The Labute approximate surface area is 118 Å². The van der Waals surface area contributed by atoms with E-state index < -0.39 is 0 Å². The minimum absolute atomic E-state index is 0.0284. The molecule has 1 saturated carbocycles. The van der Waals surface area contributed by atoms with Gasteiger partial charge < -0.3 is 5.32 Å². The molecule has 5 heteroatoms. The van der Waals surface area contributed by atoms with Crippen LogP contribution in [-0.2, 0) is 4.79 Å². The lowest BCUT2D eigenvalue weighted by molar-refractivity contribution is -0.125. The molecule has 1 amide bonds. The monoisotopic (exact) mass is 275 g/mol. The van der Waals surface area contributed by atoms with Crippen molar-refractivity contribution >= 4 is 28.9 Å². The Kier molecular flexibility index (Phi) is 3.22. The third-order valence-electron chi connectivity index (χ3n) is 4.14. The number of amides is 1. The van der Waals surface area contributed by atoms with Gasteiger partial charge in [-0.25, -0.2) is 0 Å². The zero-order chi connectivity index (χ0) is 13.4. The molecule has 2 heterocycles. The van der Waals surface area contributed by atoms with Crippen molar-refractivity contribution in [3.8, 4) is 0 Å². The van der Waals surface area contributed by atoms with E-state index in [1.807, 2.05) is 12.1 Å². The summed E-state index contributed by atoms with van der Waals surface area (Å²) in [4.78, 5) is 18.4. The van der Waals surface area contributed by atoms with Gasteiger partial charge in [-0.3, -0.25) is 14.7 Å². The summed E-state index contributed by atoms with van der Waals surface area (Å²) in [6, 6.07) is 3.89. The first-order valence-corrected chi connectivity index (χ1v) is 7.14. The zero-order valence-corrected chi connectivity index (χ0v) is 11.7. The molecule has 1 aliphatic heterocycles. The number of aromatic nitrogens is 1. The fourth-order valence-electron chi connectivity index (χ4n) is 3.20. The first-order chi connectivity index (χ1) is 9.18. The van der Waals surface area contributed by atoms with E-state index in [2.05, 4.69) is 17.2 Å². The highest BCUT2D eigenvalue weighted by molar-refractivity contribution is 7.80. The number of thiocarbonyl (C=S) groups is 1. The summed E-state index contributed by atoms with van der Waals surface area (Å²) < 4.78 is 0. The maximum atomic E-state index is 12.8. The fourth-order valence-corrected chi connectivity index (χ4v) is 3.54. The summed E-state index contributed by atoms with van der Waals surface area (Å²) in [6.07, 6.45) is 6.68. The first-order valence-electron chi connectivity index (χ1n) is 6.73. The fraction of sp³-hybridized carbons (Fsp3) is 0.500. The van der Waals surface area contributed by atoms with E-state index in [-0.39, 0.29) is 17.9 Å². The van der Waals surface area contributed by atoms with Crippen molar-refractivity contribution in [2.24, 2.45) is 11.8 Å². The Morgan fingerprint density at radius 2 is 2.32 bits per heavy atom. The van der Waals surface area contributed by atoms with E-state index in [1.165, 1.54) is 0 Å². The van der Waals surface area contributed by atoms with Crippen LogP contribution in [0.4, 0.5) is 5.69 Å². The second kappa shape index (κ2) is 4.89. The second-order valence-electron chi connectivity index (χ2n) is 5.37. The van der Waals surface area contributed by atoms with Crippen molar-refractivity contribution in [1.82, 2.24) is 10.3 Å². The molecule has 0 bridgehead atoms. The van der Waals surface area contributed by atoms with E-state index in [0.717, 1.165) is 24.9 Å². The Hall–Kier alpha value is -1.49. The molecule has 0 aromatic carbocycles. The molecule has 2 aliphatic rings. The molecule has 1 aromatic heterocycles. The molecule has 19 heavy (non-hydrogen) atoms. The predicted molar refractivity (Wildman–Crippen MR) is 77.7 cm³/mol. The highest BCUT2D eigenvalue weighted by atomic mass is 32.1. The number of nitrogens with zero attached hydrogens (tertiary/aromatic N) is 2. The number of carbonyl (C=O) groups excluding carboxylic acids is 1. The largest absolute Gasteiger partial charge is 0.358 e. The summed E-state index contributed by atoms with van der Waals surface area (Å²) in [7, 11) is 0. The van der Waals surface area contributed by atoms with Crippen LogP contribution in [0.25, 0.3) is 0 Å². The second-order valence-corrected chi connectivity index (χ2v) is 5.76. The van der Waals surface area contributed by atoms with Gasteiger partial charge in [0.15, 0.2) is 5.11 Å². The molecule has 2 fully saturated rings. The molecular formula is C14H17N3OS. The smallest absolute Gasteiger partial charge is 0.238 e. The standard InChI is InChI=1S/C14H17N3OS/c1-9-4-2-6-11-12(9)13(18)17(14(19)16-11)10-5-3-7-15-8-10/h3,5,7-9,11-12H,2,4,6H2,1H3,(H,16,19). The number of hydrogen-bond donors (Lipinski definition) is 1. The quantitative estimate of drug-likeness (QED) is 0.797. The molecule has 1 saturated heterocycles. The number of nitrogens with one attached hydrogen (secondary N) is 1. The molecule has 1 N–H and O–H groups in total. The van der Waals surface area contributed by atoms with Gasteiger partial charge in [0.2, 0.25) is 5.91 Å². The average Bonchev–Trinajstić information content (AvgIpc) is 2.39. The van der Waals surface area contributed by atoms with Crippen molar-refractivity contribution < 1.29 is 4.79 Å². The van der Waals surface area contributed by atoms with Crippen LogP contribution in [0, 0.1) is 11.8 Å². The Bertz CT molecular complexity index is 505. The lowest BCUT2D eigenvalue weighted by Crippen LogP contribution is -2.62. The molecule has 0 spiro atoms. The molecule has 4 nitrogen and oxygen atoms in total. The van der Waals surface area contributed by atoms with Crippen molar-refractivity contribution in [3.05, 3.63) is 24.5 Å². The highest BCUT2D eigenvalue weighted by Crippen LogP contribution is 2.35. The number of anilines is 1. The van der Waals surface area contributed by atoms with Crippen LogP contribution in [-0.4, -0.2) is 22.0 Å². The minimum atomic E-state index is 0.0284. The molecular weight excluding hydrogens is 258 g/mol. The lowest BCUT2D eigenvalue weighted by Gasteiger charge is -2.44. The van der Waals surface area contributed by atoms with Crippen LogP contribution in [0.1, 0.15) is 26.2 Å². The zero-order valence-electron chi connectivity index (χ0n) is 10.9. The van der Waals surface area contributed by atoms with Crippen LogP contribution < -0.4 is 10.2 Å². The number of hydrogen-bond acceptors (Lipinski definition) is 3. The van der Waals surface area contributed by atoms with E-state index in [4.69, 9.17) is 12.2 Å². The molecule has 3 atom stereocenters. The Morgan fingerprint density at radius 1 is 1.47 bits per heavy atom. The van der Waals surface area contributed by atoms with Crippen molar-refractivity contribution in [2.75, 3.05) is 4.90 Å². The van der Waals surface area contributed by atoms with Gasteiger partial charge in [-0.15, -0.1) is 0 Å². The van der Waals surface area contributed by atoms with Crippen LogP contribution in [0.15, 0.2) is 24.5 Å². The predicted octanol–water partition coefficient (Wildman–Crippen LogP) is 2.11. The third kappa shape index (κ3) is 2.12. The summed E-state index contributed by atoms with van der Waals surface area (Å²) in [5.74, 6) is 0.552. The summed E-state index contributed by atoms with van der Waals surface area (Å²) in [6.45, 7) is 2.16. The lowest BCUT2D eigenvalue weighted by atomic mass is 9.75. The number of carbonyl (C=O) groups is 1. The van der Waals surface area contributed by atoms with Gasteiger partial charge in [0.05, 0.1) is 17.8 Å². The molecule has 1 aromatic rings. The van der Waals surface area contributed by atoms with Crippen molar-refractivity contribution in [1.29, 1.82) is 0 Å². The SMILES string of the molecule is CC1CCCC2NC(=S)N(c3cccnc3)C(=O)C12. The van der Waals surface area contributed by atoms with E-state index >= 15 is 0 Å². The van der Waals surface area contributed by atoms with Crippen molar-refractivity contribution in [3.63, 3.8) is 0 Å². The Morgan fingerprint density at radius 3 is 3.05 bits per heavy atom. The van der Waals surface area contributed by atoms with Crippen LogP contribution in [0.2, 0.25) is 0 Å². The van der Waals surface area contributed by atoms with Gasteiger partial charge in [-0.2, -0.15) is 0 Å². The van der Waals surface area contributed by atoms with Crippen LogP contribution >= 0.6 is 12.2 Å². The molecule has 3 unspecified atom stereocenters. The van der Waals surface area contributed by atoms with Gasteiger partial charge in [0.25, 0.3) is 0 Å². The summed E-state index contributed by atoms with van der Waals surface area (Å²) in [5.41, 5.74) is 0.751. The average molecular weight is 275 g/mol. The summed E-state index contributed by atoms with van der Waals surface area (Å²) in [5, 5.41) is 3.84. The molecule has 100 valence electrons. The molecule has 1 aliphatic carbocycles. The number of fused-ring (bicyclic) bond motifs is 1. The van der Waals surface area contributed by atoms with Gasteiger partial charge in [-0.05, 0) is 43.1 Å². The number of pyridine rings is 1. The van der Waals surface area contributed by atoms with E-state index in [0.29, 0.717) is 11.0 Å². The van der Waals surface area contributed by atoms with Gasteiger partial charge in [-0.1, -0.05) is 13.3 Å². The van der Waals surface area contributed by atoms with E-state index in [1.54, 1.807) is 17.3 Å². The van der Waals surface area contributed by atoms with Gasteiger partial charge >= 0.3 is 0 Å². The van der Waals surface area contributed by atoms with Gasteiger partial charge in [0.1, 0.15) is 0 Å². The third-order valence-corrected chi connectivity index (χ3v) is 4.44. The Balaban J connectivity index is 1.94. The van der Waals surface area contributed by atoms with E-state index in [9.17, 15) is 4.79 Å². The number of rotatable bonds is 1. The van der Waals surface area contributed by atoms with Gasteiger partial charge in [0, 0.05) is 12.2 Å².